The summed E-state index contributed by atoms with van der Waals surface area (Å²) in [6.07, 6.45) is 1.41. The quantitative estimate of drug-likeness (QED) is 0.320. The zero-order valence-corrected chi connectivity index (χ0v) is 17.9. The molecule has 0 saturated heterocycles. The van der Waals surface area contributed by atoms with Gasteiger partial charge in [-0.1, -0.05) is 29.3 Å². The molecule has 27 heavy (non-hydrogen) atoms. The van der Waals surface area contributed by atoms with E-state index in [4.69, 9.17) is 43.7 Å². The molecule has 0 aliphatic heterocycles. The molecule has 2 N–H and O–H groups in total. The number of nitriles is 1. The summed E-state index contributed by atoms with van der Waals surface area (Å²) in [5.41, 5.74) is 6.51. The Morgan fingerprint density at radius 1 is 1.26 bits per heavy atom. The van der Waals surface area contributed by atoms with E-state index in [0.717, 1.165) is 9.13 Å². The summed E-state index contributed by atoms with van der Waals surface area (Å²) >= 11 is 14.1. The van der Waals surface area contributed by atoms with Gasteiger partial charge in [-0.15, -0.1) is 0 Å². The van der Waals surface area contributed by atoms with Crippen molar-refractivity contribution in [1.82, 2.24) is 0 Å². The number of amides is 1. The minimum atomic E-state index is -0.787. The first kappa shape index (κ1) is 21.4. The van der Waals surface area contributed by atoms with Gasteiger partial charge in [-0.3, -0.25) is 4.79 Å². The van der Waals surface area contributed by atoms with Crippen LogP contribution in [0.2, 0.25) is 10.0 Å². The Bertz CT molecular complexity index is 939. The summed E-state index contributed by atoms with van der Waals surface area (Å²) in [5.74, 6) is 0.265. The smallest absolute Gasteiger partial charge is 0.259 e. The van der Waals surface area contributed by atoms with E-state index in [0.29, 0.717) is 33.7 Å². The largest absolute Gasteiger partial charge is 0.490 e. The zero-order chi connectivity index (χ0) is 20.0. The van der Waals surface area contributed by atoms with Gasteiger partial charge in [0.15, 0.2) is 11.5 Å². The van der Waals surface area contributed by atoms with Crippen LogP contribution in [-0.4, -0.2) is 12.5 Å². The van der Waals surface area contributed by atoms with Gasteiger partial charge in [0.1, 0.15) is 18.2 Å². The van der Waals surface area contributed by atoms with Crippen molar-refractivity contribution in [1.29, 1.82) is 5.26 Å². The number of primary amides is 1. The van der Waals surface area contributed by atoms with E-state index in [1.165, 1.54) is 6.08 Å². The van der Waals surface area contributed by atoms with Crippen LogP contribution in [-0.2, 0) is 11.4 Å². The first-order valence-corrected chi connectivity index (χ1v) is 9.63. The average molecular weight is 517 g/mol. The van der Waals surface area contributed by atoms with Crippen molar-refractivity contribution < 1.29 is 14.3 Å². The van der Waals surface area contributed by atoms with E-state index in [1.807, 2.05) is 13.0 Å². The zero-order valence-electron chi connectivity index (χ0n) is 14.3. The van der Waals surface area contributed by atoms with Gasteiger partial charge in [0.05, 0.1) is 20.2 Å². The summed E-state index contributed by atoms with van der Waals surface area (Å²) < 4.78 is 12.3. The van der Waals surface area contributed by atoms with Gasteiger partial charge in [-0.25, -0.2) is 0 Å². The lowest BCUT2D eigenvalue weighted by Gasteiger charge is -2.15. The highest BCUT2D eigenvalue weighted by Crippen LogP contribution is 2.36. The van der Waals surface area contributed by atoms with E-state index < -0.39 is 5.91 Å². The fourth-order valence-corrected chi connectivity index (χ4v) is 3.29. The molecule has 0 unspecified atom stereocenters. The molecule has 2 aromatic rings. The lowest BCUT2D eigenvalue weighted by atomic mass is 10.1. The molecule has 5 nitrogen and oxygen atoms in total. The van der Waals surface area contributed by atoms with Crippen molar-refractivity contribution in [2.75, 3.05) is 6.61 Å². The number of hydrogen-bond donors (Lipinski definition) is 1. The molecule has 2 rings (SSSR count). The van der Waals surface area contributed by atoms with Crippen LogP contribution >= 0.6 is 45.8 Å². The molecule has 0 fully saturated rings. The van der Waals surface area contributed by atoms with Gasteiger partial charge in [0, 0.05) is 0 Å². The molecule has 8 heteroatoms. The van der Waals surface area contributed by atoms with Crippen LogP contribution in [0.25, 0.3) is 6.08 Å². The van der Waals surface area contributed by atoms with E-state index in [-0.39, 0.29) is 12.2 Å². The molecule has 0 aliphatic rings. The molecule has 0 aliphatic carbocycles. The van der Waals surface area contributed by atoms with Gasteiger partial charge < -0.3 is 15.2 Å². The number of carbonyl (C=O) groups is 1. The molecule has 0 atom stereocenters. The van der Waals surface area contributed by atoms with Crippen LogP contribution in [0.3, 0.4) is 0 Å². The molecule has 140 valence electrons. The molecule has 0 spiro atoms. The number of halogens is 3. The van der Waals surface area contributed by atoms with Crippen LogP contribution in [0.1, 0.15) is 18.1 Å². The number of carbonyl (C=O) groups excluding carboxylic acids is 1. The minimum absolute atomic E-state index is 0.141. The minimum Gasteiger partial charge on any atom is -0.490 e. The Kier molecular flexibility index (Phi) is 7.78. The monoisotopic (exact) mass is 516 g/mol. The molecule has 0 saturated carbocycles. The number of nitrogens with zero attached hydrogens (tertiary/aromatic N) is 1. The highest BCUT2D eigenvalue weighted by molar-refractivity contribution is 14.1. The molecule has 0 aromatic heterocycles. The van der Waals surface area contributed by atoms with Crippen LogP contribution < -0.4 is 15.2 Å². The standard InChI is InChI=1S/C19H15Cl2IN2O3/c1-2-26-17-8-12(5-13(9-23)19(24)25)7-16(22)18(17)27-10-11-3-4-14(20)15(21)6-11/h3-8H,2,10H2,1H3,(H2,24,25)/b13-5+. The molecule has 0 bridgehead atoms. The van der Waals surface area contributed by atoms with Crippen molar-refractivity contribution in [2.45, 2.75) is 13.5 Å². The van der Waals surface area contributed by atoms with E-state index in [1.54, 1.807) is 30.3 Å². The second kappa shape index (κ2) is 9.83. The van der Waals surface area contributed by atoms with E-state index >= 15 is 0 Å². The summed E-state index contributed by atoms with van der Waals surface area (Å²) in [6, 6.07) is 10.5. The highest BCUT2D eigenvalue weighted by atomic mass is 127. The number of benzene rings is 2. The summed E-state index contributed by atoms with van der Waals surface area (Å²) in [7, 11) is 0. The fourth-order valence-electron chi connectivity index (χ4n) is 2.18. The molecule has 2 aromatic carbocycles. The van der Waals surface area contributed by atoms with Gasteiger partial charge in [-0.05, 0) is 71.0 Å². The highest BCUT2D eigenvalue weighted by Gasteiger charge is 2.14. The second-order valence-corrected chi connectivity index (χ2v) is 7.31. The maximum Gasteiger partial charge on any atom is 0.259 e. The maximum absolute atomic E-state index is 11.3. The van der Waals surface area contributed by atoms with Crippen LogP contribution in [0.4, 0.5) is 0 Å². The van der Waals surface area contributed by atoms with Crippen molar-refractivity contribution >= 4 is 57.8 Å². The van der Waals surface area contributed by atoms with Crippen LogP contribution in [0.15, 0.2) is 35.9 Å². The predicted octanol–water partition coefficient (Wildman–Crippen LogP) is 4.97. The predicted molar refractivity (Wildman–Crippen MR) is 114 cm³/mol. The Labute approximate surface area is 180 Å². The Morgan fingerprint density at radius 3 is 2.59 bits per heavy atom. The third-order valence-electron chi connectivity index (χ3n) is 3.40. The van der Waals surface area contributed by atoms with Gasteiger partial charge >= 0.3 is 0 Å². The third kappa shape index (κ3) is 5.76. The molecular formula is C19H15Cl2IN2O3. The molecule has 0 heterocycles. The Hall–Kier alpha value is -1.95. The molecule has 1 amide bonds. The Morgan fingerprint density at radius 2 is 2.00 bits per heavy atom. The number of nitrogens with two attached hydrogens (primary N) is 1. The van der Waals surface area contributed by atoms with Crippen molar-refractivity contribution in [3.8, 4) is 17.6 Å². The van der Waals surface area contributed by atoms with Crippen molar-refractivity contribution in [3.05, 3.63) is 60.6 Å². The molecule has 0 radical (unpaired) electrons. The first-order valence-electron chi connectivity index (χ1n) is 7.80. The summed E-state index contributed by atoms with van der Waals surface area (Å²) in [6.45, 7) is 2.54. The van der Waals surface area contributed by atoms with Gasteiger partial charge in [-0.2, -0.15) is 5.26 Å². The summed E-state index contributed by atoms with van der Waals surface area (Å²) in [5, 5.41) is 9.94. The lowest BCUT2D eigenvalue weighted by Crippen LogP contribution is -2.12. The van der Waals surface area contributed by atoms with E-state index in [2.05, 4.69) is 22.6 Å². The Balaban J connectivity index is 2.34. The topological polar surface area (TPSA) is 85.3 Å². The third-order valence-corrected chi connectivity index (χ3v) is 4.94. The van der Waals surface area contributed by atoms with Crippen LogP contribution in [0.5, 0.6) is 11.5 Å². The van der Waals surface area contributed by atoms with Gasteiger partial charge in [0.2, 0.25) is 0 Å². The SMILES string of the molecule is CCOc1cc(/C=C(\C#N)C(N)=O)cc(I)c1OCc1ccc(Cl)c(Cl)c1. The first-order chi connectivity index (χ1) is 12.8. The number of ether oxygens (including phenoxy) is 2. The summed E-state index contributed by atoms with van der Waals surface area (Å²) in [4.78, 5) is 11.3. The lowest BCUT2D eigenvalue weighted by molar-refractivity contribution is -0.114. The van der Waals surface area contributed by atoms with E-state index in [9.17, 15) is 4.79 Å². The normalized spacial score (nSPS) is 11.0. The molecular weight excluding hydrogens is 502 g/mol. The maximum atomic E-state index is 11.3. The van der Waals surface area contributed by atoms with Crippen molar-refractivity contribution in [2.24, 2.45) is 5.73 Å². The second-order valence-electron chi connectivity index (χ2n) is 5.33. The average Bonchev–Trinajstić information content (AvgIpc) is 2.61. The fraction of sp³-hybridized carbons (Fsp3) is 0.158. The van der Waals surface area contributed by atoms with Gasteiger partial charge in [0.25, 0.3) is 5.91 Å². The van der Waals surface area contributed by atoms with Crippen LogP contribution in [0, 0.1) is 14.9 Å². The van der Waals surface area contributed by atoms with Crippen molar-refractivity contribution in [3.63, 3.8) is 0 Å². The number of hydrogen-bond acceptors (Lipinski definition) is 4. The number of rotatable bonds is 7.